The second-order valence-electron chi connectivity index (χ2n) is 5.73. The van der Waals surface area contributed by atoms with Gasteiger partial charge in [0, 0.05) is 12.1 Å². The van der Waals surface area contributed by atoms with Gasteiger partial charge in [0.2, 0.25) is 0 Å². The largest absolute Gasteiger partial charge is 0.492 e. The Kier molecular flexibility index (Phi) is 5.01. The molecule has 4 heteroatoms. The smallest absolute Gasteiger partial charge is 0.335 e. The van der Waals surface area contributed by atoms with Gasteiger partial charge < -0.3 is 15.2 Å². The van der Waals surface area contributed by atoms with E-state index >= 15 is 0 Å². The topological polar surface area (TPSA) is 58.6 Å². The highest BCUT2D eigenvalue weighted by Crippen LogP contribution is 2.27. The first-order valence-electron chi connectivity index (χ1n) is 7.30. The van der Waals surface area contributed by atoms with Gasteiger partial charge in [-0.05, 0) is 44.0 Å². The molecule has 1 saturated carbocycles. The van der Waals surface area contributed by atoms with Crippen molar-refractivity contribution in [3.05, 3.63) is 29.8 Å². The van der Waals surface area contributed by atoms with Gasteiger partial charge in [0.25, 0.3) is 0 Å². The third-order valence-electron chi connectivity index (χ3n) is 3.98. The van der Waals surface area contributed by atoms with Gasteiger partial charge in [-0.2, -0.15) is 0 Å². The van der Waals surface area contributed by atoms with Crippen molar-refractivity contribution in [3.8, 4) is 5.75 Å². The summed E-state index contributed by atoms with van der Waals surface area (Å²) in [5, 5.41) is 12.4. The molecule has 0 aromatic heterocycles. The van der Waals surface area contributed by atoms with E-state index in [1.165, 1.54) is 32.1 Å². The summed E-state index contributed by atoms with van der Waals surface area (Å²) in [6, 6.07) is 6.53. The zero-order valence-corrected chi connectivity index (χ0v) is 12.0. The molecule has 0 heterocycles. The summed E-state index contributed by atoms with van der Waals surface area (Å²) in [6.07, 6.45) is 6.44. The Morgan fingerprint density at radius 3 is 2.50 bits per heavy atom. The van der Waals surface area contributed by atoms with Crippen molar-refractivity contribution in [2.24, 2.45) is 0 Å². The Bertz CT molecular complexity index is 436. The SMILES string of the molecule is CC1(NCCOc2ccc(C(=O)O)cc2)CCCCC1. The molecule has 1 aromatic carbocycles. The van der Waals surface area contributed by atoms with Crippen molar-refractivity contribution < 1.29 is 14.6 Å². The maximum atomic E-state index is 10.7. The van der Waals surface area contributed by atoms with E-state index in [2.05, 4.69) is 12.2 Å². The average Bonchev–Trinajstić information content (AvgIpc) is 2.45. The van der Waals surface area contributed by atoms with E-state index in [9.17, 15) is 4.79 Å². The molecule has 0 radical (unpaired) electrons. The Morgan fingerprint density at radius 2 is 1.90 bits per heavy atom. The molecular formula is C16H23NO3. The molecule has 0 amide bonds. The lowest BCUT2D eigenvalue weighted by molar-refractivity contribution is 0.0697. The molecule has 0 saturated heterocycles. The summed E-state index contributed by atoms with van der Waals surface area (Å²) < 4.78 is 5.62. The number of rotatable bonds is 6. The summed E-state index contributed by atoms with van der Waals surface area (Å²) in [7, 11) is 0. The molecule has 110 valence electrons. The standard InChI is InChI=1S/C16H23NO3/c1-16(9-3-2-4-10-16)17-11-12-20-14-7-5-13(6-8-14)15(18)19/h5-8,17H,2-4,9-12H2,1H3,(H,18,19). The van der Waals surface area contributed by atoms with Crippen LogP contribution in [-0.2, 0) is 0 Å². The highest BCUT2D eigenvalue weighted by atomic mass is 16.5. The summed E-state index contributed by atoms with van der Waals surface area (Å²) in [6.45, 7) is 3.70. The highest BCUT2D eigenvalue weighted by molar-refractivity contribution is 5.87. The van der Waals surface area contributed by atoms with Crippen LogP contribution >= 0.6 is 0 Å². The molecule has 0 atom stereocenters. The number of carboxylic acids is 1. The van der Waals surface area contributed by atoms with Crippen molar-refractivity contribution in [3.63, 3.8) is 0 Å². The molecule has 0 aliphatic heterocycles. The Labute approximate surface area is 120 Å². The van der Waals surface area contributed by atoms with E-state index in [0.717, 1.165) is 6.54 Å². The Balaban J connectivity index is 1.71. The van der Waals surface area contributed by atoms with E-state index in [0.29, 0.717) is 12.4 Å². The van der Waals surface area contributed by atoms with Gasteiger partial charge in [-0.1, -0.05) is 19.3 Å². The van der Waals surface area contributed by atoms with Crippen LogP contribution in [0.1, 0.15) is 49.4 Å². The van der Waals surface area contributed by atoms with Crippen molar-refractivity contribution >= 4 is 5.97 Å². The third kappa shape index (κ3) is 4.23. The molecule has 1 fully saturated rings. The number of carboxylic acid groups (broad SMARTS) is 1. The zero-order chi connectivity index (χ0) is 14.4. The lowest BCUT2D eigenvalue weighted by Gasteiger charge is -2.34. The van der Waals surface area contributed by atoms with E-state index in [1.54, 1.807) is 24.3 Å². The zero-order valence-electron chi connectivity index (χ0n) is 12.0. The van der Waals surface area contributed by atoms with Crippen molar-refractivity contribution in [2.75, 3.05) is 13.2 Å². The van der Waals surface area contributed by atoms with Crippen LogP contribution in [0.5, 0.6) is 5.75 Å². The van der Waals surface area contributed by atoms with Crippen molar-refractivity contribution in [2.45, 2.75) is 44.6 Å². The van der Waals surface area contributed by atoms with Crippen LogP contribution in [0.15, 0.2) is 24.3 Å². The fourth-order valence-electron chi connectivity index (χ4n) is 2.72. The molecular weight excluding hydrogens is 254 g/mol. The first-order chi connectivity index (χ1) is 9.59. The Hall–Kier alpha value is -1.55. The van der Waals surface area contributed by atoms with Crippen LogP contribution in [-0.4, -0.2) is 29.8 Å². The summed E-state index contributed by atoms with van der Waals surface area (Å²) in [5.74, 6) is -0.200. The molecule has 20 heavy (non-hydrogen) atoms. The molecule has 2 N–H and O–H groups in total. The second-order valence-corrected chi connectivity index (χ2v) is 5.73. The molecule has 1 aliphatic rings. The number of benzene rings is 1. The first-order valence-corrected chi connectivity index (χ1v) is 7.30. The summed E-state index contributed by atoms with van der Waals surface area (Å²) in [5.41, 5.74) is 0.541. The van der Waals surface area contributed by atoms with Gasteiger partial charge in [-0.25, -0.2) is 4.79 Å². The minimum absolute atomic E-state index is 0.259. The van der Waals surface area contributed by atoms with Crippen LogP contribution in [0.2, 0.25) is 0 Å². The van der Waals surface area contributed by atoms with Gasteiger partial charge in [-0.3, -0.25) is 0 Å². The van der Waals surface area contributed by atoms with Crippen LogP contribution in [0, 0.1) is 0 Å². The normalized spacial score (nSPS) is 17.6. The lowest BCUT2D eigenvalue weighted by atomic mass is 9.83. The van der Waals surface area contributed by atoms with Crippen LogP contribution in [0.25, 0.3) is 0 Å². The number of aromatic carboxylic acids is 1. The van der Waals surface area contributed by atoms with Crippen LogP contribution < -0.4 is 10.1 Å². The minimum atomic E-state index is -0.913. The summed E-state index contributed by atoms with van der Waals surface area (Å²) in [4.78, 5) is 10.7. The predicted octanol–water partition coefficient (Wildman–Crippen LogP) is 3.08. The molecule has 1 aromatic rings. The monoisotopic (exact) mass is 277 g/mol. The number of hydrogen-bond donors (Lipinski definition) is 2. The van der Waals surface area contributed by atoms with E-state index in [1.807, 2.05) is 0 Å². The highest BCUT2D eigenvalue weighted by Gasteiger charge is 2.25. The predicted molar refractivity (Wildman–Crippen MR) is 78.4 cm³/mol. The summed E-state index contributed by atoms with van der Waals surface area (Å²) >= 11 is 0. The van der Waals surface area contributed by atoms with E-state index < -0.39 is 5.97 Å². The van der Waals surface area contributed by atoms with Gasteiger partial charge in [0.1, 0.15) is 12.4 Å². The van der Waals surface area contributed by atoms with Crippen molar-refractivity contribution in [1.29, 1.82) is 0 Å². The van der Waals surface area contributed by atoms with Gasteiger partial charge in [0.05, 0.1) is 5.56 Å². The fourth-order valence-corrected chi connectivity index (χ4v) is 2.72. The molecule has 0 unspecified atom stereocenters. The number of nitrogens with one attached hydrogen (secondary N) is 1. The second kappa shape index (κ2) is 6.75. The Morgan fingerprint density at radius 1 is 1.25 bits per heavy atom. The van der Waals surface area contributed by atoms with Crippen LogP contribution in [0.3, 0.4) is 0 Å². The number of carbonyl (C=O) groups is 1. The van der Waals surface area contributed by atoms with E-state index in [-0.39, 0.29) is 11.1 Å². The van der Waals surface area contributed by atoms with Crippen molar-refractivity contribution in [1.82, 2.24) is 5.32 Å². The molecule has 1 aliphatic carbocycles. The lowest BCUT2D eigenvalue weighted by Crippen LogP contribution is -2.45. The number of hydrogen-bond acceptors (Lipinski definition) is 3. The third-order valence-corrected chi connectivity index (χ3v) is 3.98. The molecule has 4 nitrogen and oxygen atoms in total. The van der Waals surface area contributed by atoms with Gasteiger partial charge in [-0.15, -0.1) is 0 Å². The van der Waals surface area contributed by atoms with E-state index in [4.69, 9.17) is 9.84 Å². The number of ether oxygens (including phenoxy) is 1. The first kappa shape index (κ1) is 14.9. The quantitative estimate of drug-likeness (QED) is 0.785. The average molecular weight is 277 g/mol. The maximum absolute atomic E-state index is 10.7. The minimum Gasteiger partial charge on any atom is -0.492 e. The maximum Gasteiger partial charge on any atom is 0.335 e. The fraction of sp³-hybridized carbons (Fsp3) is 0.562. The van der Waals surface area contributed by atoms with Gasteiger partial charge in [0.15, 0.2) is 0 Å². The molecule has 2 rings (SSSR count). The molecule has 0 bridgehead atoms. The van der Waals surface area contributed by atoms with Crippen LogP contribution in [0.4, 0.5) is 0 Å². The molecule has 0 spiro atoms. The van der Waals surface area contributed by atoms with Gasteiger partial charge >= 0.3 is 5.97 Å².